The maximum absolute atomic E-state index is 8.31. The van der Waals surface area contributed by atoms with Crippen molar-refractivity contribution in [1.29, 1.82) is 5.26 Å². The molecule has 0 aromatic heterocycles. The van der Waals surface area contributed by atoms with Crippen molar-refractivity contribution in [3.63, 3.8) is 0 Å². The molecule has 0 atom stereocenters. The van der Waals surface area contributed by atoms with Gasteiger partial charge in [-0.2, -0.15) is 5.26 Å². The van der Waals surface area contributed by atoms with Gasteiger partial charge in [0.2, 0.25) is 0 Å². The average Bonchev–Trinajstić information content (AvgIpc) is 1.99. The molecule has 11 heavy (non-hydrogen) atoms. The van der Waals surface area contributed by atoms with Crippen LogP contribution in [0.4, 0.5) is 0 Å². The number of nitriles is 1. The van der Waals surface area contributed by atoms with Gasteiger partial charge in [-0.15, -0.1) is 0 Å². The smallest absolute Gasteiger partial charge is 0.0911 e. The highest BCUT2D eigenvalue weighted by Gasteiger charge is 1.89. The molecule has 0 saturated carbocycles. The first-order valence-corrected chi connectivity index (χ1v) is 4.36. The standard InChI is InChI=1S/C10H17N/c1-3-4-5-6-7-10(2)8-9-11/h8H,3-7H2,1-2H3. The first kappa shape index (κ1) is 10.2. The quantitative estimate of drug-likeness (QED) is 0.436. The van der Waals surface area contributed by atoms with Crippen LogP contribution in [0.15, 0.2) is 11.6 Å². The van der Waals surface area contributed by atoms with Crippen LogP contribution in [0.2, 0.25) is 0 Å². The molecule has 0 N–H and O–H groups in total. The van der Waals surface area contributed by atoms with E-state index in [1.54, 1.807) is 6.08 Å². The molecule has 0 amide bonds. The van der Waals surface area contributed by atoms with Crippen LogP contribution in [0.5, 0.6) is 0 Å². The number of unbranched alkanes of at least 4 members (excludes halogenated alkanes) is 3. The van der Waals surface area contributed by atoms with E-state index in [0.29, 0.717) is 0 Å². The van der Waals surface area contributed by atoms with Crippen LogP contribution in [0.3, 0.4) is 0 Å². The molecule has 1 heteroatoms. The molecule has 0 aliphatic carbocycles. The fourth-order valence-corrected chi connectivity index (χ4v) is 1.01. The average molecular weight is 151 g/mol. The van der Waals surface area contributed by atoms with Crippen molar-refractivity contribution in [3.05, 3.63) is 11.6 Å². The summed E-state index contributed by atoms with van der Waals surface area (Å²) in [5.41, 5.74) is 1.21. The maximum Gasteiger partial charge on any atom is 0.0911 e. The molecule has 0 heterocycles. The van der Waals surface area contributed by atoms with Gasteiger partial charge in [-0.25, -0.2) is 0 Å². The summed E-state index contributed by atoms with van der Waals surface area (Å²) >= 11 is 0. The Morgan fingerprint density at radius 1 is 1.36 bits per heavy atom. The number of nitrogens with zero attached hydrogens (tertiary/aromatic N) is 1. The highest BCUT2D eigenvalue weighted by atomic mass is 14.2. The van der Waals surface area contributed by atoms with Crippen molar-refractivity contribution in [1.82, 2.24) is 0 Å². The summed E-state index contributed by atoms with van der Waals surface area (Å²) in [7, 11) is 0. The summed E-state index contributed by atoms with van der Waals surface area (Å²) < 4.78 is 0. The lowest BCUT2D eigenvalue weighted by Crippen LogP contribution is -1.78. The second-order valence-electron chi connectivity index (χ2n) is 2.93. The lowest BCUT2D eigenvalue weighted by molar-refractivity contribution is 0.664. The summed E-state index contributed by atoms with van der Waals surface area (Å²) in [5.74, 6) is 0. The third kappa shape index (κ3) is 7.12. The van der Waals surface area contributed by atoms with E-state index in [4.69, 9.17) is 5.26 Å². The number of rotatable bonds is 5. The second kappa shape index (κ2) is 7.34. The molecule has 62 valence electrons. The second-order valence-corrected chi connectivity index (χ2v) is 2.93. The number of hydrogen-bond acceptors (Lipinski definition) is 1. The fraction of sp³-hybridized carbons (Fsp3) is 0.700. The molecule has 0 aliphatic rings. The van der Waals surface area contributed by atoms with Gasteiger partial charge in [0.25, 0.3) is 0 Å². The Balaban J connectivity index is 3.26. The zero-order chi connectivity index (χ0) is 8.53. The first-order valence-electron chi connectivity index (χ1n) is 4.36. The lowest BCUT2D eigenvalue weighted by atomic mass is 10.1. The van der Waals surface area contributed by atoms with Crippen LogP contribution in [-0.4, -0.2) is 0 Å². The monoisotopic (exact) mass is 151 g/mol. The topological polar surface area (TPSA) is 23.8 Å². The van der Waals surface area contributed by atoms with Gasteiger partial charge >= 0.3 is 0 Å². The van der Waals surface area contributed by atoms with E-state index in [0.717, 1.165) is 6.42 Å². The number of allylic oxidation sites excluding steroid dienone is 2. The molecule has 0 spiro atoms. The van der Waals surface area contributed by atoms with Crippen molar-refractivity contribution >= 4 is 0 Å². The highest BCUT2D eigenvalue weighted by molar-refractivity contribution is 5.10. The Morgan fingerprint density at radius 3 is 2.64 bits per heavy atom. The third-order valence-electron chi connectivity index (χ3n) is 1.74. The Bertz CT molecular complexity index is 151. The summed E-state index contributed by atoms with van der Waals surface area (Å²) in [4.78, 5) is 0. The van der Waals surface area contributed by atoms with E-state index < -0.39 is 0 Å². The minimum absolute atomic E-state index is 1.09. The van der Waals surface area contributed by atoms with Crippen molar-refractivity contribution < 1.29 is 0 Å². The van der Waals surface area contributed by atoms with Crippen molar-refractivity contribution in [2.24, 2.45) is 0 Å². The minimum Gasteiger partial charge on any atom is -0.193 e. The Hall–Kier alpha value is -0.770. The van der Waals surface area contributed by atoms with Crippen LogP contribution in [-0.2, 0) is 0 Å². The summed E-state index contributed by atoms with van der Waals surface area (Å²) in [6, 6.07) is 2.05. The van der Waals surface area contributed by atoms with E-state index >= 15 is 0 Å². The largest absolute Gasteiger partial charge is 0.193 e. The summed E-state index contributed by atoms with van der Waals surface area (Å²) in [6.45, 7) is 4.23. The molecule has 0 aliphatic heterocycles. The van der Waals surface area contributed by atoms with Crippen LogP contribution in [0.1, 0.15) is 46.0 Å². The highest BCUT2D eigenvalue weighted by Crippen LogP contribution is 2.08. The molecular weight excluding hydrogens is 134 g/mol. The third-order valence-corrected chi connectivity index (χ3v) is 1.74. The van der Waals surface area contributed by atoms with Crippen LogP contribution < -0.4 is 0 Å². The van der Waals surface area contributed by atoms with Gasteiger partial charge in [-0.3, -0.25) is 0 Å². The van der Waals surface area contributed by atoms with E-state index in [1.807, 2.05) is 13.0 Å². The molecular formula is C10H17N. The van der Waals surface area contributed by atoms with Crippen LogP contribution in [0.25, 0.3) is 0 Å². The van der Waals surface area contributed by atoms with Crippen LogP contribution >= 0.6 is 0 Å². The SMILES string of the molecule is CCCCCCC(C)=CC#N. The van der Waals surface area contributed by atoms with Crippen molar-refractivity contribution in [3.8, 4) is 6.07 Å². The van der Waals surface area contributed by atoms with E-state index in [2.05, 4.69) is 6.92 Å². The Kier molecular flexibility index (Phi) is 6.82. The van der Waals surface area contributed by atoms with E-state index in [1.165, 1.54) is 31.3 Å². The van der Waals surface area contributed by atoms with Crippen LogP contribution in [0, 0.1) is 11.3 Å². The van der Waals surface area contributed by atoms with Gasteiger partial charge < -0.3 is 0 Å². The normalized spacial score (nSPS) is 11.2. The van der Waals surface area contributed by atoms with Gasteiger partial charge in [0.05, 0.1) is 6.07 Å². The summed E-state index contributed by atoms with van der Waals surface area (Å²) in [5, 5.41) is 8.31. The predicted octanol–water partition coefficient (Wildman–Crippen LogP) is 3.43. The molecule has 0 unspecified atom stereocenters. The summed E-state index contributed by atoms with van der Waals surface area (Å²) in [6.07, 6.45) is 7.87. The van der Waals surface area contributed by atoms with E-state index in [-0.39, 0.29) is 0 Å². The Morgan fingerprint density at radius 2 is 2.09 bits per heavy atom. The predicted molar refractivity (Wildman–Crippen MR) is 48.1 cm³/mol. The maximum atomic E-state index is 8.31. The molecule has 1 nitrogen and oxygen atoms in total. The zero-order valence-electron chi connectivity index (χ0n) is 7.56. The van der Waals surface area contributed by atoms with E-state index in [9.17, 15) is 0 Å². The minimum atomic E-state index is 1.09. The van der Waals surface area contributed by atoms with Gasteiger partial charge in [0.1, 0.15) is 0 Å². The first-order chi connectivity index (χ1) is 5.31. The zero-order valence-corrected chi connectivity index (χ0v) is 7.56. The number of hydrogen-bond donors (Lipinski definition) is 0. The van der Waals surface area contributed by atoms with Crippen molar-refractivity contribution in [2.45, 2.75) is 46.0 Å². The fourth-order valence-electron chi connectivity index (χ4n) is 1.01. The molecule has 0 aromatic carbocycles. The molecule has 0 fully saturated rings. The molecule has 0 rings (SSSR count). The van der Waals surface area contributed by atoms with Crippen molar-refractivity contribution in [2.75, 3.05) is 0 Å². The molecule has 0 saturated heterocycles. The Labute approximate surface area is 69.7 Å². The molecule has 0 radical (unpaired) electrons. The lowest BCUT2D eigenvalue weighted by Gasteiger charge is -1.97. The molecule has 0 bridgehead atoms. The van der Waals surface area contributed by atoms with Gasteiger partial charge in [0, 0.05) is 6.08 Å². The molecule has 0 aromatic rings. The van der Waals surface area contributed by atoms with Gasteiger partial charge in [0.15, 0.2) is 0 Å². The van der Waals surface area contributed by atoms with Gasteiger partial charge in [-0.05, 0) is 19.8 Å². The van der Waals surface area contributed by atoms with Gasteiger partial charge in [-0.1, -0.05) is 31.8 Å².